The van der Waals surface area contributed by atoms with Crippen LogP contribution in [0.25, 0.3) is 0 Å². The lowest BCUT2D eigenvalue weighted by molar-refractivity contribution is -0.0370. The Bertz CT molecular complexity index is 629. The van der Waals surface area contributed by atoms with Crippen LogP contribution in [0.3, 0.4) is 0 Å². The summed E-state index contributed by atoms with van der Waals surface area (Å²) in [4.78, 5) is 26.3. The van der Waals surface area contributed by atoms with Crippen LogP contribution < -0.4 is 5.32 Å². The summed E-state index contributed by atoms with van der Waals surface area (Å²) >= 11 is 0. The lowest BCUT2D eigenvalue weighted by Crippen LogP contribution is -2.50. The standard InChI is InChI=1S/C18H22N2O3/c21-16-14-7-3-4-8-15(14)18(23-16)9-11-20(12-10-18)17(22)19-13-5-1-2-6-13/h3-4,7-8,13H,1-2,5-6,9-12H2,(H,19,22). The highest BCUT2D eigenvalue weighted by molar-refractivity contribution is 5.94. The zero-order valence-corrected chi connectivity index (χ0v) is 13.2. The number of likely N-dealkylation sites (tertiary alicyclic amines) is 1. The maximum Gasteiger partial charge on any atom is 0.339 e. The fourth-order valence-electron chi connectivity index (χ4n) is 4.12. The zero-order valence-electron chi connectivity index (χ0n) is 13.2. The number of hydrogen-bond donors (Lipinski definition) is 1. The van der Waals surface area contributed by atoms with Crippen LogP contribution >= 0.6 is 0 Å². The number of urea groups is 1. The Morgan fingerprint density at radius 1 is 1.17 bits per heavy atom. The summed E-state index contributed by atoms with van der Waals surface area (Å²) < 4.78 is 5.72. The van der Waals surface area contributed by atoms with E-state index in [4.69, 9.17) is 4.74 Å². The molecule has 2 heterocycles. The topological polar surface area (TPSA) is 58.6 Å². The lowest BCUT2D eigenvalue weighted by atomic mass is 9.84. The second-order valence-corrected chi connectivity index (χ2v) is 6.85. The van der Waals surface area contributed by atoms with Crippen molar-refractivity contribution in [2.24, 2.45) is 0 Å². The average Bonchev–Trinajstić information content (AvgIpc) is 3.16. The number of carbonyl (C=O) groups excluding carboxylic acids is 2. The van der Waals surface area contributed by atoms with Crippen molar-refractivity contribution in [2.75, 3.05) is 13.1 Å². The maximum absolute atomic E-state index is 12.4. The van der Waals surface area contributed by atoms with Crippen molar-refractivity contribution < 1.29 is 14.3 Å². The quantitative estimate of drug-likeness (QED) is 0.811. The molecule has 1 N–H and O–H groups in total. The first kappa shape index (κ1) is 14.5. The number of hydrogen-bond acceptors (Lipinski definition) is 3. The summed E-state index contributed by atoms with van der Waals surface area (Å²) in [6, 6.07) is 7.98. The first-order valence-corrected chi connectivity index (χ1v) is 8.56. The van der Waals surface area contributed by atoms with Gasteiger partial charge in [0.05, 0.1) is 5.56 Å². The Morgan fingerprint density at radius 3 is 2.61 bits per heavy atom. The number of nitrogens with zero attached hydrogens (tertiary/aromatic N) is 1. The van der Waals surface area contributed by atoms with Gasteiger partial charge in [-0.05, 0) is 18.9 Å². The molecule has 4 rings (SSSR count). The van der Waals surface area contributed by atoms with Crippen LogP contribution in [-0.2, 0) is 10.3 Å². The second-order valence-electron chi connectivity index (χ2n) is 6.85. The Hall–Kier alpha value is -2.04. The van der Waals surface area contributed by atoms with Gasteiger partial charge in [0.25, 0.3) is 0 Å². The molecule has 0 bridgehead atoms. The van der Waals surface area contributed by atoms with Gasteiger partial charge in [0.1, 0.15) is 5.60 Å². The fourth-order valence-corrected chi connectivity index (χ4v) is 4.12. The number of amides is 2. The van der Waals surface area contributed by atoms with Gasteiger partial charge in [-0.15, -0.1) is 0 Å². The van der Waals surface area contributed by atoms with Crippen molar-refractivity contribution in [1.29, 1.82) is 0 Å². The van der Waals surface area contributed by atoms with Gasteiger partial charge in [0.2, 0.25) is 0 Å². The predicted molar refractivity (Wildman–Crippen MR) is 85.1 cm³/mol. The van der Waals surface area contributed by atoms with Gasteiger partial charge in [-0.25, -0.2) is 9.59 Å². The number of nitrogens with one attached hydrogen (secondary N) is 1. The molecular formula is C18H22N2O3. The van der Waals surface area contributed by atoms with E-state index in [-0.39, 0.29) is 12.0 Å². The van der Waals surface area contributed by atoms with E-state index in [1.54, 1.807) is 0 Å². The molecule has 1 aromatic carbocycles. The van der Waals surface area contributed by atoms with Crippen LogP contribution in [0.4, 0.5) is 4.79 Å². The molecule has 0 radical (unpaired) electrons. The van der Waals surface area contributed by atoms with Crippen LogP contribution in [-0.4, -0.2) is 36.0 Å². The SMILES string of the molecule is O=C1OC2(CCN(C(=O)NC3CCCC3)CC2)c2ccccc21. The molecule has 122 valence electrons. The largest absolute Gasteiger partial charge is 0.450 e. The summed E-state index contributed by atoms with van der Waals surface area (Å²) in [6.45, 7) is 1.25. The first-order chi connectivity index (χ1) is 11.2. The van der Waals surface area contributed by atoms with Crippen LogP contribution in [0.15, 0.2) is 24.3 Å². The molecule has 2 amide bonds. The van der Waals surface area contributed by atoms with E-state index in [1.807, 2.05) is 29.2 Å². The summed E-state index contributed by atoms with van der Waals surface area (Å²) in [5.74, 6) is -0.232. The van der Waals surface area contributed by atoms with Gasteiger partial charge in [0.15, 0.2) is 0 Å². The lowest BCUT2D eigenvalue weighted by Gasteiger charge is -2.38. The Kier molecular flexibility index (Phi) is 3.51. The Morgan fingerprint density at radius 2 is 1.87 bits per heavy atom. The number of ether oxygens (including phenoxy) is 1. The van der Waals surface area contributed by atoms with Crippen molar-refractivity contribution in [3.8, 4) is 0 Å². The number of rotatable bonds is 1. The summed E-state index contributed by atoms with van der Waals surface area (Å²) in [7, 11) is 0. The van der Waals surface area contributed by atoms with Gasteiger partial charge in [0, 0.05) is 37.5 Å². The number of benzene rings is 1. The van der Waals surface area contributed by atoms with E-state index in [1.165, 1.54) is 12.8 Å². The third kappa shape index (κ3) is 2.48. The van der Waals surface area contributed by atoms with E-state index in [0.717, 1.165) is 18.4 Å². The van der Waals surface area contributed by atoms with Gasteiger partial charge < -0.3 is 15.0 Å². The van der Waals surface area contributed by atoms with Crippen molar-refractivity contribution >= 4 is 12.0 Å². The van der Waals surface area contributed by atoms with E-state index in [9.17, 15) is 9.59 Å². The van der Waals surface area contributed by atoms with E-state index in [2.05, 4.69) is 5.32 Å². The molecule has 5 heteroatoms. The van der Waals surface area contributed by atoms with Crippen LogP contribution in [0.5, 0.6) is 0 Å². The van der Waals surface area contributed by atoms with E-state index in [0.29, 0.717) is 37.5 Å². The number of piperidine rings is 1. The van der Waals surface area contributed by atoms with Gasteiger partial charge >= 0.3 is 12.0 Å². The summed E-state index contributed by atoms with van der Waals surface area (Å²) in [5, 5.41) is 3.13. The fraction of sp³-hybridized carbons (Fsp3) is 0.556. The van der Waals surface area contributed by atoms with E-state index < -0.39 is 5.60 Å². The van der Waals surface area contributed by atoms with Crippen molar-refractivity contribution in [2.45, 2.75) is 50.2 Å². The monoisotopic (exact) mass is 314 g/mol. The number of fused-ring (bicyclic) bond motifs is 2. The Labute approximate surface area is 136 Å². The zero-order chi connectivity index (χ0) is 15.9. The van der Waals surface area contributed by atoms with Crippen LogP contribution in [0, 0.1) is 0 Å². The molecule has 0 atom stereocenters. The van der Waals surface area contributed by atoms with Gasteiger partial charge in [-0.1, -0.05) is 31.0 Å². The molecule has 1 aromatic rings. The molecule has 3 aliphatic rings. The van der Waals surface area contributed by atoms with Gasteiger partial charge in [-0.2, -0.15) is 0 Å². The van der Waals surface area contributed by atoms with Crippen LogP contribution in [0.1, 0.15) is 54.4 Å². The molecule has 1 saturated carbocycles. The highest BCUT2D eigenvalue weighted by Crippen LogP contribution is 2.43. The molecule has 0 aromatic heterocycles. The molecule has 23 heavy (non-hydrogen) atoms. The van der Waals surface area contributed by atoms with Crippen LogP contribution in [0.2, 0.25) is 0 Å². The Balaban J connectivity index is 1.43. The number of carbonyl (C=O) groups is 2. The third-order valence-electron chi connectivity index (χ3n) is 5.47. The van der Waals surface area contributed by atoms with Gasteiger partial charge in [-0.3, -0.25) is 0 Å². The molecule has 5 nitrogen and oxygen atoms in total. The van der Waals surface area contributed by atoms with Crippen molar-refractivity contribution in [3.63, 3.8) is 0 Å². The predicted octanol–water partition coefficient (Wildman–Crippen LogP) is 2.80. The highest BCUT2D eigenvalue weighted by atomic mass is 16.6. The molecule has 1 spiro atoms. The molecule has 1 aliphatic carbocycles. The molecule has 2 aliphatic heterocycles. The highest BCUT2D eigenvalue weighted by Gasteiger charge is 2.47. The molecule has 2 fully saturated rings. The average molecular weight is 314 g/mol. The number of esters is 1. The molecular weight excluding hydrogens is 292 g/mol. The minimum absolute atomic E-state index is 0.0318. The molecule has 0 unspecified atom stereocenters. The smallest absolute Gasteiger partial charge is 0.339 e. The second kappa shape index (κ2) is 5.55. The van der Waals surface area contributed by atoms with Crippen molar-refractivity contribution in [1.82, 2.24) is 10.2 Å². The minimum Gasteiger partial charge on any atom is -0.450 e. The maximum atomic E-state index is 12.4. The third-order valence-corrected chi connectivity index (χ3v) is 5.47. The van der Waals surface area contributed by atoms with E-state index >= 15 is 0 Å². The minimum atomic E-state index is -0.530. The normalized spacial score (nSPS) is 23.0. The van der Waals surface area contributed by atoms with Crippen molar-refractivity contribution in [3.05, 3.63) is 35.4 Å². The summed E-state index contributed by atoms with van der Waals surface area (Å²) in [5.41, 5.74) is 1.13. The first-order valence-electron chi connectivity index (χ1n) is 8.56. The summed E-state index contributed by atoms with van der Waals surface area (Å²) in [6.07, 6.45) is 5.95. The molecule has 1 saturated heterocycles.